The Morgan fingerprint density at radius 2 is 2.06 bits per heavy atom. The van der Waals surface area contributed by atoms with Crippen LogP contribution in [-0.4, -0.2) is 24.4 Å². The molecule has 1 aliphatic carbocycles. The largest absolute Gasteiger partial charge is 0.368 e. The zero-order valence-corrected chi connectivity index (χ0v) is 10.3. The smallest absolute Gasteiger partial charge is 0.239 e. The van der Waals surface area contributed by atoms with Gasteiger partial charge in [-0.05, 0) is 32.2 Å². The van der Waals surface area contributed by atoms with Crippen LogP contribution in [0.3, 0.4) is 0 Å². The third kappa shape index (κ3) is 3.64. The summed E-state index contributed by atoms with van der Waals surface area (Å²) >= 11 is 0. The molecule has 2 amide bonds. The molecule has 1 fully saturated rings. The van der Waals surface area contributed by atoms with Crippen molar-refractivity contribution in [2.75, 3.05) is 6.54 Å². The molecule has 5 nitrogen and oxygen atoms in total. The van der Waals surface area contributed by atoms with Crippen molar-refractivity contribution < 1.29 is 9.59 Å². The number of rotatable bonds is 4. The quantitative estimate of drug-likeness (QED) is 0.642. The van der Waals surface area contributed by atoms with Gasteiger partial charge in [0.15, 0.2) is 0 Å². The van der Waals surface area contributed by atoms with Gasteiger partial charge in [0.1, 0.15) is 6.04 Å². The molecule has 0 aromatic carbocycles. The summed E-state index contributed by atoms with van der Waals surface area (Å²) < 4.78 is 0. The van der Waals surface area contributed by atoms with E-state index in [0.29, 0.717) is 6.54 Å². The Labute approximate surface area is 102 Å². The fraction of sp³-hybridized carbons (Fsp3) is 0.800. The summed E-state index contributed by atoms with van der Waals surface area (Å²) in [7, 11) is 0. The van der Waals surface area contributed by atoms with E-state index in [4.69, 9.17) is 11.5 Å². The molecule has 0 aliphatic heterocycles. The minimum atomic E-state index is -0.600. The molecule has 1 aliphatic rings. The van der Waals surface area contributed by atoms with E-state index in [-0.39, 0.29) is 30.2 Å². The Morgan fingerprint density at radius 3 is 2.56 bits per heavy atom. The van der Waals surface area contributed by atoms with Crippen molar-refractivity contribution in [3.05, 3.63) is 0 Å². The number of carbonyl (C=O) groups is 2. The van der Waals surface area contributed by atoms with Crippen LogP contribution >= 0.6 is 12.4 Å². The van der Waals surface area contributed by atoms with Gasteiger partial charge in [-0.3, -0.25) is 9.59 Å². The predicted octanol–water partition coefficient (Wildman–Crippen LogP) is -0.227. The molecule has 0 radical (unpaired) electrons. The molecule has 0 aromatic heterocycles. The highest BCUT2D eigenvalue weighted by molar-refractivity contribution is 5.87. The molecular weight excluding hydrogens is 230 g/mol. The third-order valence-electron chi connectivity index (χ3n) is 3.08. The number of primary amides is 1. The van der Waals surface area contributed by atoms with Crippen LogP contribution in [-0.2, 0) is 9.59 Å². The van der Waals surface area contributed by atoms with Crippen molar-refractivity contribution in [2.45, 2.75) is 32.2 Å². The first-order valence-electron chi connectivity index (χ1n) is 5.36. The Bertz CT molecular complexity index is 260. The van der Waals surface area contributed by atoms with Gasteiger partial charge in [0.05, 0.1) is 0 Å². The summed E-state index contributed by atoms with van der Waals surface area (Å²) in [4.78, 5) is 22.5. The van der Waals surface area contributed by atoms with Crippen LogP contribution in [0.4, 0.5) is 0 Å². The number of nitrogens with two attached hydrogens (primary N) is 2. The average Bonchev–Trinajstić information content (AvgIpc) is 2.64. The highest BCUT2D eigenvalue weighted by Gasteiger charge is 2.32. The van der Waals surface area contributed by atoms with Gasteiger partial charge in [-0.15, -0.1) is 12.4 Å². The van der Waals surface area contributed by atoms with Crippen LogP contribution in [0, 0.1) is 11.8 Å². The maximum absolute atomic E-state index is 11.8. The SMILES string of the molecule is C[C@H](NC(=O)[C@@H]1CCC[C@@H]1CN)C(N)=O.Cl. The van der Waals surface area contributed by atoms with Gasteiger partial charge in [0.2, 0.25) is 11.8 Å². The predicted molar refractivity (Wildman–Crippen MR) is 63.9 cm³/mol. The molecule has 0 spiro atoms. The summed E-state index contributed by atoms with van der Waals surface area (Å²) in [5, 5.41) is 2.62. The molecule has 6 heteroatoms. The zero-order chi connectivity index (χ0) is 11.4. The Balaban J connectivity index is 0.00000225. The normalized spacial score (nSPS) is 25.6. The lowest BCUT2D eigenvalue weighted by atomic mass is 9.95. The zero-order valence-electron chi connectivity index (χ0n) is 9.44. The van der Waals surface area contributed by atoms with Crippen molar-refractivity contribution in [1.29, 1.82) is 0 Å². The molecule has 5 N–H and O–H groups in total. The lowest BCUT2D eigenvalue weighted by Gasteiger charge is -2.19. The Hall–Kier alpha value is -0.810. The van der Waals surface area contributed by atoms with Crippen molar-refractivity contribution in [1.82, 2.24) is 5.32 Å². The standard InChI is InChI=1S/C10H19N3O2.ClH/c1-6(9(12)14)13-10(15)8-4-2-3-7(8)5-11;/h6-8H,2-5,11H2,1H3,(H2,12,14)(H,13,15);1H/t6-,7+,8+;/m0./s1. The minimum absolute atomic E-state index is 0. The van der Waals surface area contributed by atoms with Crippen LogP contribution in [0.1, 0.15) is 26.2 Å². The molecule has 0 aromatic rings. The Kier molecular flexibility index (Phi) is 6.36. The van der Waals surface area contributed by atoms with Gasteiger partial charge in [-0.1, -0.05) is 6.42 Å². The van der Waals surface area contributed by atoms with Gasteiger partial charge in [-0.25, -0.2) is 0 Å². The first-order chi connectivity index (χ1) is 7.06. The lowest BCUT2D eigenvalue weighted by Crippen LogP contribution is -2.45. The second-order valence-corrected chi connectivity index (χ2v) is 4.17. The van der Waals surface area contributed by atoms with E-state index in [0.717, 1.165) is 19.3 Å². The molecule has 1 rings (SSSR count). The monoisotopic (exact) mass is 249 g/mol. The van der Waals surface area contributed by atoms with E-state index < -0.39 is 11.9 Å². The summed E-state index contributed by atoms with van der Waals surface area (Å²) in [5.41, 5.74) is 10.7. The number of halogens is 1. The average molecular weight is 250 g/mol. The molecule has 0 saturated heterocycles. The molecule has 1 saturated carbocycles. The van der Waals surface area contributed by atoms with E-state index in [1.807, 2.05) is 0 Å². The summed E-state index contributed by atoms with van der Waals surface area (Å²) in [6.45, 7) is 2.12. The van der Waals surface area contributed by atoms with E-state index >= 15 is 0 Å². The van der Waals surface area contributed by atoms with Crippen LogP contribution in [0.15, 0.2) is 0 Å². The summed E-state index contributed by atoms with van der Waals surface area (Å²) in [6, 6.07) is -0.600. The highest BCUT2D eigenvalue weighted by atomic mass is 35.5. The van der Waals surface area contributed by atoms with Crippen molar-refractivity contribution >= 4 is 24.2 Å². The van der Waals surface area contributed by atoms with E-state index in [9.17, 15) is 9.59 Å². The van der Waals surface area contributed by atoms with Gasteiger partial charge in [0, 0.05) is 5.92 Å². The Morgan fingerprint density at radius 1 is 1.44 bits per heavy atom. The minimum Gasteiger partial charge on any atom is -0.368 e. The second kappa shape index (κ2) is 6.70. The maximum atomic E-state index is 11.8. The number of amides is 2. The summed E-state index contributed by atoms with van der Waals surface area (Å²) in [5.74, 6) is -0.387. The van der Waals surface area contributed by atoms with Crippen molar-refractivity contribution in [2.24, 2.45) is 23.3 Å². The van der Waals surface area contributed by atoms with Crippen LogP contribution in [0.25, 0.3) is 0 Å². The first-order valence-corrected chi connectivity index (χ1v) is 5.36. The van der Waals surface area contributed by atoms with Gasteiger partial charge >= 0.3 is 0 Å². The van der Waals surface area contributed by atoms with Crippen LogP contribution < -0.4 is 16.8 Å². The number of nitrogens with one attached hydrogen (secondary N) is 1. The molecule has 0 bridgehead atoms. The molecule has 16 heavy (non-hydrogen) atoms. The molecule has 0 unspecified atom stereocenters. The lowest BCUT2D eigenvalue weighted by molar-refractivity contribution is -0.130. The fourth-order valence-electron chi connectivity index (χ4n) is 2.06. The van der Waals surface area contributed by atoms with Crippen molar-refractivity contribution in [3.63, 3.8) is 0 Å². The van der Waals surface area contributed by atoms with Crippen LogP contribution in [0.5, 0.6) is 0 Å². The first kappa shape index (κ1) is 15.2. The molecule has 94 valence electrons. The molecular formula is C10H20ClN3O2. The van der Waals surface area contributed by atoms with E-state index in [1.165, 1.54) is 0 Å². The fourth-order valence-corrected chi connectivity index (χ4v) is 2.06. The number of hydrogen-bond acceptors (Lipinski definition) is 3. The second-order valence-electron chi connectivity index (χ2n) is 4.17. The van der Waals surface area contributed by atoms with Gasteiger partial charge < -0.3 is 16.8 Å². The topological polar surface area (TPSA) is 98.2 Å². The molecule has 0 heterocycles. The highest BCUT2D eigenvalue weighted by Crippen LogP contribution is 2.30. The van der Waals surface area contributed by atoms with Crippen LogP contribution in [0.2, 0.25) is 0 Å². The number of carbonyl (C=O) groups excluding carboxylic acids is 2. The molecule has 3 atom stereocenters. The van der Waals surface area contributed by atoms with Gasteiger partial charge in [0.25, 0.3) is 0 Å². The van der Waals surface area contributed by atoms with E-state index in [2.05, 4.69) is 5.32 Å². The van der Waals surface area contributed by atoms with Crippen molar-refractivity contribution in [3.8, 4) is 0 Å². The summed E-state index contributed by atoms with van der Waals surface area (Å²) in [6.07, 6.45) is 2.89. The number of hydrogen-bond donors (Lipinski definition) is 3. The van der Waals surface area contributed by atoms with Gasteiger partial charge in [-0.2, -0.15) is 0 Å². The van der Waals surface area contributed by atoms with E-state index in [1.54, 1.807) is 6.92 Å². The maximum Gasteiger partial charge on any atom is 0.239 e. The third-order valence-corrected chi connectivity index (χ3v) is 3.08.